The summed E-state index contributed by atoms with van der Waals surface area (Å²) in [5.74, 6) is 1.03. The number of hydrogen-bond acceptors (Lipinski definition) is 4. The Morgan fingerprint density at radius 1 is 1.35 bits per heavy atom. The molecule has 23 heavy (non-hydrogen) atoms. The van der Waals surface area contributed by atoms with Crippen molar-refractivity contribution < 1.29 is 8.42 Å². The van der Waals surface area contributed by atoms with Crippen molar-refractivity contribution >= 4 is 26.7 Å². The zero-order valence-corrected chi connectivity index (χ0v) is 13.8. The Morgan fingerprint density at radius 2 is 2.17 bits per heavy atom. The van der Waals surface area contributed by atoms with Crippen LogP contribution in [0, 0.1) is 0 Å². The smallest absolute Gasteiger partial charge is 0.191 e. The fourth-order valence-electron chi connectivity index (χ4n) is 2.79. The van der Waals surface area contributed by atoms with Gasteiger partial charge in [0, 0.05) is 31.2 Å². The molecule has 0 spiro atoms. The molecule has 2 heterocycles. The van der Waals surface area contributed by atoms with E-state index in [0.717, 1.165) is 16.5 Å². The van der Waals surface area contributed by atoms with Crippen LogP contribution in [0.3, 0.4) is 0 Å². The second kappa shape index (κ2) is 6.54. The van der Waals surface area contributed by atoms with E-state index < -0.39 is 9.84 Å². The minimum atomic E-state index is -2.90. The van der Waals surface area contributed by atoms with E-state index in [2.05, 4.69) is 20.6 Å². The Morgan fingerprint density at radius 3 is 2.91 bits per heavy atom. The van der Waals surface area contributed by atoms with Crippen LogP contribution in [0.2, 0.25) is 0 Å². The van der Waals surface area contributed by atoms with Gasteiger partial charge in [-0.15, -0.1) is 0 Å². The first-order valence-electron chi connectivity index (χ1n) is 7.57. The molecule has 0 radical (unpaired) electrons. The maximum atomic E-state index is 11.5. The van der Waals surface area contributed by atoms with Gasteiger partial charge in [-0.05, 0) is 18.1 Å². The molecule has 0 amide bonds. The molecular weight excluding hydrogens is 312 g/mol. The number of rotatable bonds is 3. The Hall–Kier alpha value is -2.15. The average Bonchev–Trinajstić information content (AvgIpc) is 2.90. The van der Waals surface area contributed by atoms with Gasteiger partial charge in [0.1, 0.15) is 0 Å². The van der Waals surface area contributed by atoms with Gasteiger partial charge in [-0.25, -0.2) is 8.42 Å². The first-order valence-corrected chi connectivity index (χ1v) is 9.40. The third-order valence-electron chi connectivity index (χ3n) is 3.96. The Bertz CT molecular complexity index is 828. The topological polar surface area (TPSA) is 83.4 Å². The number of aliphatic imine (C=N–C) groups is 1. The summed E-state index contributed by atoms with van der Waals surface area (Å²) in [6, 6.07) is 9.93. The number of hydrogen-bond donors (Lipinski definition) is 2. The van der Waals surface area contributed by atoms with Crippen molar-refractivity contribution in [2.75, 3.05) is 18.6 Å². The van der Waals surface area contributed by atoms with Crippen molar-refractivity contribution in [3.05, 3.63) is 42.1 Å². The third kappa shape index (κ3) is 3.79. The van der Waals surface area contributed by atoms with Gasteiger partial charge >= 0.3 is 0 Å². The van der Waals surface area contributed by atoms with Crippen LogP contribution in [0.1, 0.15) is 12.0 Å². The normalized spacial score (nSPS) is 20.6. The molecule has 0 bridgehead atoms. The zero-order valence-electron chi connectivity index (χ0n) is 13.0. The zero-order chi connectivity index (χ0) is 16.3. The SMILES string of the molecule is CN=C(NCc1cccc2cccnc12)NC1CCS(=O)(=O)C1. The monoisotopic (exact) mass is 332 g/mol. The lowest BCUT2D eigenvalue weighted by atomic mass is 10.1. The molecule has 1 atom stereocenters. The molecule has 2 aromatic rings. The van der Waals surface area contributed by atoms with Crippen molar-refractivity contribution in [2.45, 2.75) is 19.0 Å². The highest BCUT2D eigenvalue weighted by molar-refractivity contribution is 7.91. The van der Waals surface area contributed by atoms with Crippen molar-refractivity contribution in [3.8, 4) is 0 Å². The molecule has 1 unspecified atom stereocenters. The number of guanidine groups is 1. The summed E-state index contributed by atoms with van der Waals surface area (Å²) in [4.78, 5) is 8.60. The van der Waals surface area contributed by atoms with E-state index in [9.17, 15) is 8.42 Å². The summed E-state index contributed by atoms with van der Waals surface area (Å²) in [5, 5.41) is 7.51. The van der Waals surface area contributed by atoms with Crippen LogP contribution < -0.4 is 10.6 Å². The summed E-state index contributed by atoms with van der Waals surface area (Å²) in [7, 11) is -1.22. The standard InChI is InChI=1S/C16H20N4O2S/c1-17-16(20-14-7-9-23(21,22)11-14)19-10-13-5-2-4-12-6-3-8-18-15(12)13/h2-6,8,14H,7,9-11H2,1H3,(H2,17,19,20). The Kier molecular flexibility index (Phi) is 4.47. The fraction of sp³-hybridized carbons (Fsp3) is 0.375. The van der Waals surface area contributed by atoms with E-state index in [1.54, 1.807) is 13.2 Å². The maximum absolute atomic E-state index is 11.5. The van der Waals surface area contributed by atoms with E-state index in [1.807, 2.05) is 30.3 Å². The van der Waals surface area contributed by atoms with Crippen molar-refractivity contribution in [2.24, 2.45) is 4.99 Å². The molecule has 1 aromatic heterocycles. The quantitative estimate of drug-likeness (QED) is 0.649. The lowest BCUT2D eigenvalue weighted by Gasteiger charge is -2.16. The predicted molar refractivity (Wildman–Crippen MR) is 92.1 cm³/mol. The molecule has 1 aliphatic heterocycles. The average molecular weight is 332 g/mol. The van der Waals surface area contributed by atoms with Gasteiger partial charge in [0.2, 0.25) is 0 Å². The first kappa shape index (κ1) is 15.7. The minimum absolute atomic E-state index is 0.0724. The molecule has 3 rings (SSSR count). The largest absolute Gasteiger partial charge is 0.353 e. The van der Waals surface area contributed by atoms with E-state index in [1.165, 1.54) is 0 Å². The molecule has 0 aliphatic carbocycles. The Labute approximate surface area is 136 Å². The molecule has 1 fully saturated rings. The molecule has 1 aliphatic rings. The van der Waals surface area contributed by atoms with E-state index >= 15 is 0 Å². The molecule has 122 valence electrons. The van der Waals surface area contributed by atoms with Crippen LogP contribution in [0.5, 0.6) is 0 Å². The van der Waals surface area contributed by atoms with Crippen LogP contribution in [0.15, 0.2) is 41.5 Å². The minimum Gasteiger partial charge on any atom is -0.353 e. The number of fused-ring (bicyclic) bond motifs is 1. The van der Waals surface area contributed by atoms with Gasteiger partial charge in [-0.3, -0.25) is 9.98 Å². The van der Waals surface area contributed by atoms with Gasteiger partial charge in [0.25, 0.3) is 0 Å². The van der Waals surface area contributed by atoms with Crippen LogP contribution in [-0.2, 0) is 16.4 Å². The van der Waals surface area contributed by atoms with Gasteiger partial charge < -0.3 is 10.6 Å². The van der Waals surface area contributed by atoms with Crippen molar-refractivity contribution in [1.29, 1.82) is 0 Å². The van der Waals surface area contributed by atoms with Crippen LogP contribution >= 0.6 is 0 Å². The van der Waals surface area contributed by atoms with Crippen molar-refractivity contribution in [3.63, 3.8) is 0 Å². The van der Waals surface area contributed by atoms with Gasteiger partial charge in [0.15, 0.2) is 15.8 Å². The summed E-state index contributed by atoms with van der Waals surface area (Å²) in [6.07, 6.45) is 2.40. The lowest BCUT2D eigenvalue weighted by Crippen LogP contribution is -2.43. The molecule has 1 saturated heterocycles. The molecule has 1 aromatic carbocycles. The molecule has 6 nitrogen and oxygen atoms in total. The molecule has 7 heteroatoms. The number of aromatic nitrogens is 1. The van der Waals surface area contributed by atoms with E-state index in [4.69, 9.17) is 0 Å². The molecule has 2 N–H and O–H groups in total. The first-order chi connectivity index (χ1) is 11.1. The lowest BCUT2D eigenvalue weighted by molar-refractivity contribution is 0.599. The summed E-state index contributed by atoms with van der Waals surface area (Å²) in [5.41, 5.74) is 2.03. The molecular formula is C16H20N4O2S. The van der Waals surface area contributed by atoms with Gasteiger partial charge in [-0.2, -0.15) is 0 Å². The second-order valence-corrected chi connectivity index (χ2v) is 7.89. The highest BCUT2D eigenvalue weighted by Gasteiger charge is 2.28. The van der Waals surface area contributed by atoms with Crippen LogP contribution in [0.25, 0.3) is 10.9 Å². The summed E-state index contributed by atoms with van der Waals surface area (Å²) < 4.78 is 23.1. The Balaban J connectivity index is 1.66. The number of para-hydroxylation sites is 1. The third-order valence-corrected chi connectivity index (χ3v) is 5.73. The number of nitrogens with zero attached hydrogens (tertiary/aromatic N) is 2. The number of pyridine rings is 1. The maximum Gasteiger partial charge on any atom is 0.191 e. The highest BCUT2D eigenvalue weighted by Crippen LogP contribution is 2.15. The summed E-state index contributed by atoms with van der Waals surface area (Å²) in [6.45, 7) is 0.577. The molecule has 0 saturated carbocycles. The van der Waals surface area contributed by atoms with Crippen LogP contribution in [0.4, 0.5) is 0 Å². The second-order valence-electron chi connectivity index (χ2n) is 5.66. The van der Waals surface area contributed by atoms with Crippen molar-refractivity contribution in [1.82, 2.24) is 15.6 Å². The van der Waals surface area contributed by atoms with Gasteiger partial charge in [0.05, 0.1) is 17.0 Å². The number of nitrogens with one attached hydrogen (secondary N) is 2. The number of sulfone groups is 1. The summed E-state index contributed by atoms with van der Waals surface area (Å²) >= 11 is 0. The van der Waals surface area contributed by atoms with E-state index in [0.29, 0.717) is 18.9 Å². The number of benzene rings is 1. The van der Waals surface area contributed by atoms with Crippen LogP contribution in [-0.4, -0.2) is 44.0 Å². The highest BCUT2D eigenvalue weighted by atomic mass is 32.2. The predicted octanol–water partition coefficient (Wildman–Crippen LogP) is 1.09. The van der Waals surface area contributed by atoms with Gasteiger partial charge in [-0.1, -0.05) is 24.3 Å². The fourth-order valence-corrected chi connectivity index (χ4v) is 4.46. The van der Waals surface area contributed by atoms with E-state index in [-0.39, 0.29) is 17.5 Å².